The summed E-state index contributed by atoms with van der Waals surface area (Å²) in [5.41, 5.74) is 6.43. The van der Waals surface area contributed by atoms with Crippen LogP contribution in [0, 0.1) is 12.8 Å². The number of anilines is 1. The number of nitrogens with zero attached hydrogens (tertiary/aromatic N) is 2. The first-order valence-electron chi connectivity index (χ1n) is 8.09. The summed E-state index contributed by atoms with van der Waals surface area (Å²) in [5.74, 6) is 1.71. The Balaban J connectivity index is 2.12. The van der Waals surface area contributed by atoms with E-state index in [1.54, 1.807) is 6.92 Å². The third-order valence-corrected chi connectivity index (χ3v) is 4.47. The second-order valence-electron chi connectivity index (χ2n) is 5.95. The van der Waals surface area contributed by atoms with E-state index in [0.29, 0.717) is 18.5 Å². The van der Waals surface area contributed by atoms with Gasteiger partial charge in [0, 0.05) is 6.04 Å². The van der Waals surface area contributed by atoms with Crippen LogP contribution in [0.3, 0.4) is 0 Å². The second kappa shape index (κ2) is 6.96. The van der Waals surface area contributed by atoms with Crippen LogP contribution in [0.1, 0.15) is 74.7 Å². The summed E-state index contributed by atoms with van der Waals surface area (Å²) in [4.78, 5) is 16.2. The quantitative estimate of drug-likeness (QED) is 0.844. The predicted octanol–water partition coefficient (Wildman–Crippen LogP) is 3.48. The Morgan fingerprint density at radius 3 is 2.57 bits per heavy atom. The fourth-order valence-corrected chi connectivity index (χ4v) is 3.47. The molecule has 0 atom stereocenters. The van der Waals surface area contributed by atoms with Crippen LogP contribution in [-0.4, -0.2) is 22.1 Å². The molecule has 1 aromatic heterocycles. The van der Waals surface area contributed by atoms with Gasteiger partial charge in [-0.1, -0.05) is 19.8 Å². The molecule has 21 heavy (non-hydrogen) atoms. The Bertz CT molecular complexity index is 488. The third-order valence-electron chi connectivity index (χ3n) is 4.47. The van der Waals surface area contributed by atoms with Gasteiger partial charge in [-0.05, 0) is 45.4 Å². The van der Waals surface area contributed by atoms with Gasteiger partial charge in [0.15, 0.2) is 5.69 Å². The van der Waals surface area contributed by atoms with Crippen LogP contribution in [-0.2, 0) is 4.74 Å². The summed E-state index contributed by atoms with van der Waals surface area (Å²) < 4.78 is 7.05. The number of carbonyl (C=O) groups excluding carboxylic acids is 1. The molecule has 1 fully saturated rings. The molecule has 0 saturated heterocycles. The van der Waals surface area contributed by atoms with Gasteiger partial charge < -0.3 is 15.0 Å². The Hall–Kier alpha value is -1.52. The molecule has 1 aliphatic rings. The maximum absolute atomic E-state index is 11.9. The van der Waals surface area contributed by atoms with E-state index in [2.05, 4.69) is 11.9 Å². The molecule has 1 aliphatic carbocycles. The average molecular weight is 293 g/mol. The molecule has 5 nitrogen and oxygen atoms in total. The first kappa shape index (κ1) is 15.9. The number of rotatable bonds is 5. The fourth-order valence-electron chi connectivity index (χ4n) is 3.47. The lowest BCUT2D eigenvalue weighted by Crippen LogP contribution is -2.20. The van der Waals surface area contributed by atoms with Crippen molar-refractivity contribution >= 4 is 11.8 Å². The SMILES string of the molecule is CCCC1CCC(n2c(C)nc(C(=O)OCC)c2N)CC1. The summed E-state index contributed by atoms with van der Waals surface area (Å²) in [6, 6.07) is 0.369. The van der Waals surface area contributed by atoms with Crippen LogP contribution >= 0.6 is 0 Å². The highest BCUT2D eigenvalue weighted by atomic mass is 16.5. The van der Waals surface area contributed by atoms with Crippen LogP contribution in [0.2, 0.25) is 0 Å². The summed E-state index contributed by atoms with van der Waals surface area (Å²) in [5, 5.41) is 0. The van der Waals surface area contributed by atoms with Gasteiger partial charge >= 0.3 is 5.97 Å². The molecule has 2 rings (SSSR count). The van der Waals surface area contributed by atoms with Gasteiger partial charge in [-0.3, -0.25) is 0 Å². The summed E-state index contributed by atoms with van der Waals surface area (Å²) >= 11 is 0. The molecule has 2 N–H and O–H groups in total. The number of carbonyl (C=O) groups is 1. The van der Waals surface area contributed by atoms with Crippen LogP contribution in [0.5, 0.6) is 0 Å². The highest BCUT2D eigenvalue weighted by Gasteiger charge is 2.27. The monoisotopic (exact) mass is 293 g/mol. The van der Waals surface area contributed by atoms with Gasteiger partial charge in [-0.25, -0.2) is 9.78 Å². The number of hydrogen-bond acceptors (Lipinski definition) is 4. The minimum Gasteiger partial charge on any atom is -0.461 e. The van der Waals surface area contributed by atoms with Crippen molar-refractivity contribution in [2.45, 2.75) is 65.3 Å². The van der Waals surface area contributed by atoms with Crippen molar-refractivity contribution in [1.29, 1.82) is 0 Å². The molecule has 0 bridgehead atoms. The minimum absolute atomic E-state index is 0.269. The molecule has 118 valence electrons. The zero-order valence-electron chi connectivity index (χ0n) is 13.4. The van der Waals surface area contributed by atoms with Crippen molar-refractivity contribution in [3.63, 3.8) is 0 Å². The van der Waals surface area contributed by atoms with Crippen molar-refractivity contribution in [2.24, 2.45) is 5.92 Å². The lowest BCUT2D eigenvalue weighted by atomic mass is 9.83. The molecule has 1 heterocycles. The van der Waals surface area contributed by atoms with Crippen LogP contribution in [0.15, 0.2) is 0 Å². The number of aromatic nitrogens is 2. The van der Waals surface area contributed by atoms with Crippen molar-refractivity contribution < 1.29 is 9.53 Å². The number of imidazole rings is 1. The fraction of sp³-hybridized carbons (Fsp3) is 0.750. The molecule has 5 heteroatoms. The van der Waals surface area contributed by atoms with Gasteiger partial charge in [0.25, 0.3) is 0 Å². The maximum Gasteiger partial charge on any atom is 0.360 e. The van der Waals surface area contributed by atoms with Gasteiger partial charge in [0.1, 0.15) is 11.6 Å². The molecule has 0 spiro atoms. The minimum atomic E-state index is -0.420. The summed E-state index contributed by atoms with van der Waals surface area (Å²) in [6.45, 7) is 6.28. The number of nitrogens with two attached hydrogens (primary N) is 1. The molecule has 0 aliphatic heterocycles. The lowest BCUT2D eigenvalue weighted by molar-refractivity contribution is 0.0521. The molecule has 0 unspecified atom stereocenters. The van der Waals surface area contributed by atoms with E-state index in [-0.39, 0.29) is 5.69 Å². The van der Waals surface area contributed by atoms with E-state index < -0.39 is 5.97 Å². The van der Waals surface area contributed by atoms with Gasteiger partial charge in [0.05, 0.1) is 6.61 Å². The number of esters is 1. The maximum atomic E-state index is 11.9. The van der Waals surface area contributed by atoms with E-state index in [1.807, 2.05) is 11.5 Å². The Morgan fingerprint density at radius 1 is 1.33 bits per heavy atom. The first-order chi connectivity index (χ1) is 10.1. The third kappa shape index (κ3) is 3.39. The average Bonchev–Trinajstić information content (AvgIpc) is 2.76. The van der Waals surface area contributed by atoms with E-state index in [1.165, 1.54) is 25.7 Å². The summed E-state index contributed by atoms with van der Waals surface area (Å²) in [6.07, 6.45) is 7.30. The Kier molecular flexibility index (Phi) is 5.26. The topological polar surface area (TPSA) is 70.1 Å². The largest absolute Gasteiger partial charge is 0.461 e. The van der Waals surface area contributed by atoms with E-state index in [4.69, 9.17) is 10.5 Å². The number of hydrogen-bond donors (Lipinski definition) is 1. The highest BCUT2D eigenvalue weighted by molar-refractivity contribution is 5.92. The number of ether oxygens (including phenoxy) is 1. The Morgan fingerprint density at radius 2 is 2.00 bits per heavy atom. The normalized spacial score (nSPS) is 22.2. The lowest BCUT2D eigenvalue weighted by Gasteiger charge is -2.30. The first-order valence-corrected chi connectivity index (χ1v) is 8.09. The standard InChI is InChI=1S/C16H27N3O2/c1-4-6-12-7-9-13(10-8-12)19-11(3)18-14(15(19)17)16(20)21-5-2/h12-13H,4-10,17H2,1-3H3. The summed E-state index contributed by atoms with van der Waals surface area (Å²) in [7, 11) is 0. The smallest absolute Gasteiger partial charge is 0.360 e. The van der Waals surface area contributed by atoms with Crippen LogP contribution in [0.4, 0.5) is 5.82 Å². The van der Waals surface area contributed by atoms with Crippen molar-refractivity contribution in [3.05, 3.63) is 11.5 Å². The van der Waals surface area contributed by atoms with E-state index in [0.717, 1.165) is 24.6 Å². The number of aryl methyl sites for hydroxylation is 1. The molecule has 0 amide bonds. The van der Waals surface area contributed by atoms with Crippen molar-refractivity contribution in [2.75, 3.05) is 12.3 Å². The number of nitrogen functional groups attached to an aromatic ring is 1. The van der Waals surface area contributed by atoms with Gasteiger partial charge in [-0.2, -0.15) is 0 Å². The van der Waals surface area contributed by atoms with E-state index >= 15 is 0 Å². The van der Waals surface area contributed by atoms with Gasteiger partial charge in [-0.15, -0.1) is 0 Å². The van der Waals surface area contributed by atoms with Crippen LogP contribution < -0.4 is 5.73 Å². The zero-order valence-corrected chi connectivity index (χ0v) is 13.4. The van der Waals surface area contributed by atoms with Crippen molar-refractivity contribution in [1.82, 2.24) is 9.55 Å². The van der Waals surface area contributed by atoms with Gasteiger partial charge in [0.2, 0.25) is 0 Å². The van der Waals surface area contributed by atoms with Crippen molar-refractivity contribution in [3.8, 4) is 0 Å². The molecule has 0 aromatic carbocycles. The van der Waals surface area contributed by atoms with Crippen LogP contribution in [0.25, 0.3) is 0 Å². The van der Waals surface area contributed by atoms with E-state index in [9.17, 15) is 4.79 Å². The zero-order chi connectivity index (χ0) is 15.4. The molecule has 0 radical (unpaired) electrons. The molecular weight excluding hydrogens is 266 g/mol. The second-order valence-corrected chi connectivity index (χ2v) is 5.95. The molecule has 1 saturated carbocycles. The predicted molar refractivity (Wildman–Crippen MR) is 83.2 cm³/mol. The molecule has 1 aromatic rings. The molecular formula is C16H27N3O2. The highest BCUT2D eigenvalue weighted by Crippen LogP contribution is 2.36. The Labute approximate surface area is 126 Å².